The summed E-state index contributed by atoms with van der Waals surface area (Å²) in [6, 6.07) is 4.45. The summed E-state index contributed by atoms with van der Waals surface area (Å²) in [4.78, 5) is 3.70. The zero-order valence-corrected chi connectivity index (χ0v) is 12.9. The van der Waals surface area contributed by atoms with Crippen LogP contribution in [0.5, 0.6) is 0 Å². The maximum atomic E-state index is 12.8. The Labute approximate surface area is 124 Å². The van der Waals surface area contributed by atoms with Gasteiger partial charge >= 0.3 is 6.18 Å². The van der Waals surface area contributed by atoms with Crippen LogP contribution in [-0.2, 0) is 6.18 Å². The minimum Gasteiger partial charge on any atom is -0.385 e. The number of benzene rings is 1. The molecule has 0 saturated carbocycles. The SMILES string of the molecule is CCNc1cc(C(F)(F)F)nc2c(Br)cc(Br)cc12. The normalized spacial score (nSPS) is 11.9. The van der Waals surface area contributed by atoms with Crippen LogP contribution in [0.1, 0.15) is 12.6 Å². The predicted molar refractivity (Wildman–Crippen MR) is 76.3 cm³/mol. The molecule has 1 aromatic carbocycles. The van der Waals surface area contributed by atoms with Crippen molar-refractivity contribution in [2.24, 2.45) is 0 Å². The van der Waals surface area contributed by atoms with Gasteiger partial charge < -0.3 is 5.32 Å². The van der Waals surface area contributed by atoms with Crippen LogP contribution in [-0.4, -0.2) is 11.5 Å². The molecule has 0 fully saturated rings. The van der Waals surface area contributed by atoms with Crippen molar-refractivity contribution >= 4 is 48.5 Å². The van der Waals surface area contributed by atoms with E-state index < -0.39 is 11.9 Å². The van der Waals surface area contributed by atoms with E-state index in [1.807, 2.05) is 6.92 Å². The number of pyridine rings is 1. The van der Waals surface area contributed by atoms with E-state index in [2.05, 4.69) is 42.2 Å². The van der Waals surface area contributed by atoms with Crippen molar-refractivity contribution in [3.8, 4) is 0 Å². The molecular formula is C12H9Br2F3N2. The Morgan fingerprint density at radius 2 is 1.89 bits per heavy atom. The molecule has 0 unspecified atom stereocenters. The lowest BCUT2D eigenvalue weighted by molar-refractivity contribution is -0.140. The Morgan fingerprint density at radius 3 is 2.47 bits per heavy atom. The van der Waals surface area contributed by atoms with Gasteiger partial charge in [-0.25, -0.2) is 4.98 Å². The summed E-state index contributed by atoms with van der Waals surface area (Å²) in [6.07, 6.45) is -4.47. The maximum absolute atomic E-state index is 12.8. The highest BCUT2D eigenvalue weighted by atomic mass is 79.9. The fraction of sp³-hybridized carbons (Fsp3) is 0.250. The monoisotopic (exact) mass is 396 g/mol. The molecule has 0 aliphatic rings. The number of hydrogen-bond donors (Lipinski definition) is 1. The van der Waals surface area contributed by atoms with Crippen molar-refractivity contribution < 1.29 is 13.2 Å². The van der Waals surface area contributed by atoms with Crippen molar-refractivity contribution in [1.29, 1.82) is 0 Å². The van der Waals surface area contributed by atoms with E-state index >= 15 is 0 Å². The van der Waals surface area contributed by atoms with Crippen LogP contribution >= 0.6 is 31.9 Å². The van der Waals surface area contributed by atoms with Crippen molar-refractivity contribution in [3.63, 3.8) is 0 Å². The van der Waals surface area contributed by atoms with Gasteiger partial charge in [-0.05, 0) is 41.1 Å². The van der Waals surface area contributed by atoms with Gasteiger partial charge in [-0.15, -0.1) is 0 Å². The topological polar surface area (TPSA) is 24.9 Å². The van der Waals surface area contributed by atoms with Gasteiger partial charge in [-0.1, -0.05) is 15.9 Å². The fourth-order valence-corrected chi connectivity index (χ4v) is 3.05. The number of hydrogen-bond acceptors (Lipinski definition) is 2. The third-order valence-electron chi connectivity index (χ3n) is 2.49. The highest BCUT2D eigenvalue weighted by molar-refractivity contribution is 9.11. The number of nitrogens with one attached hydrogen (secondary N) is 1. The number of halogens is 5. The number of rotatable bonds is 2. The zero-order valence-electron chi connectivity index (χ0n) is 9.78. The van der Waals surface area contributed by atoms with Crippen LogP contribution in [0.3, 0.4) is 0 Å². The van der Waals surface area contributed by atoms with E-state index in [1.165, 1.54) is 0 Å². The summed E-state index contributed by atoms with van der Waals surface area (Å²) >= 11 is 6.56. The first-order valence-corrected chi connectivity index (χ1v) is 7.02. The van der Waals surface area contributed by atoms with Crippen LogP contribution in [0.15, 0.2) is 27.1 Å². The Balaban J connectivity index is 2.79. The van der Waals surface area contributed by atoms with Gasteiger partial charge in [0.1, 0.15) is 5.69 Å². The fourth-order valence-electron chi connectivity index (χ4n) is 1.73. The summed E-state index contributed by atoms with van der Waals surface area (Å²) in [6.45, 7) is 2.35. The molecule has 2 rings (SSSR count). The number of alkyl halides is 3. The third kappa shape index (κ3) is 3.02. The molecule has 1 N–H and O–H groups in total. The smallest absolute Gasteiger partial charge is 0.385 e. The van der Waals surface area contributed by atoms with Gasteiger partial charge in [-0.2, -0.15) is 13.2 Å². The molecular weight excluding hydrogens is 389 g/mol. The van der Waals surface area contributed by atoms with Gasteiger partial charge in [0, 0.05) is 26.6 Å². The minimum absolute atomic E-state index is 0.286. The summed E-state index contributed by atoms with van der Waals surface area (Å²) in [5.41, 5.74) is -0.199. The Kier molecular flexibility index (Phi) is 4.06. The standard InChI is InChI=1S/C12H9Br2F3N2/c1-2-18-9-5-10(12(15,16)17)19-11-7(9)3-6(13)4-8(11)14/h3-5H,2H2,1H3,(H,18,19). The van der Waals surface area contributed by atoms with Crippen molar-refractivity contribution in [3.05, 3.63) is 32.8 Å². The van der Waals surface area contributed by atoms with Crippen LogP contribution in [0.25, 0.3) is 10.9 Å². The van der Waals surface area contributed by atoms with E-state index in [1.54, 1.807) is 12.1 Å². The van der Waals surface area contributed by atoms with Crippen molar-refractivity contribution in [1.82, 2.24) is 4.98 Å². The summed E-state index contributed by atoms with van der Waals surface area (Å²) in [5, 5.41) is 3.57. The van der Waals surface area contributed by atoms with Crippen molar-refractivity contribution in [2.45, 2.75) is 13.1 Å². The van der Waals surface area contributed by atoms with E-state index in [9.17, 15) is 13.2 Å². The Bertz CT molecular complexity index is 626. The third-order valence-corrected chi connectivity index (χ3v) is 3.55. The molecule has 1 aromatic heterocycles. The average Bonchev–Trinajstić information content (AvgIpc) is 2.28. The Hall–Kier alpha value is -0.820. The molecule has 0 atom stereocenters. The van der Waals surface area contributed by atoms with Gasteiger partial charge in [0.25, 0.3) is 0 Å². The van der Waals surface area contributed by atoms with Crippen LogP contribution in [0.2, 0.25) is 0 Å². The first-order valence-electron chi connectivity index (χ1n) is 5.43. The average molecular weight is 398 g/mol. The van der Waals surface area contributed by atoms with Gasteiger partial charge in [0.15, 0.2) is 0 Å². The molecule has 0 bridgehead atoms. The van der Waals surface area contributed by atoms with Crippen LogP contribution in [0.4, 0.5) is 18.9 Å². The quantitative estimate of drug-likeness (QED) is 0.752. The van der Waals surface area contributed by atoms with E-state index in [4.69, 9.17) is 0 Å². The Morgan fingerprint density at radius 1 is 1.21 bits per heavy atom. The van der Waals surface area contributed by atoms with E-state index in [0.717, 1.165) is 10.5 Å². The van der Waals surface area contributed by atoms with E-state index in [-0.39, 0.29) is 5.52 Å². The molecule has 2 aromatic rings. The molecule has 0 amide bonds. The summed E-state index contributed by atoms with van der Waals surface area (Å²) in [5.74, 6) is 0. The second kappa shape index (κ2) is 5.28. The molecule has 0 aliphatic carbocycles. The lowest BCUT2D eigenvalue weighted by atomic mass is 10.1. The van der Waals surface area contributed by atoms with Crippen LogP contribution in [0, 0.1) is 0 Å². The molecule has 7 heteroatoms. The van der Waals surface area contributed by atoms with Gasteiger partial charge in [0.2, 0.25) is 0 Å². The maximum Gasteiger partial charge on any atom is 0.433 e. The number of aromatic nitrogens is 1. The predicted octanol–water partition coefficient (Wildman–Crippen LogP) is 5.21. The lowest BCUT2D eigenvalue weighted by Gasteiger charge is -2.13. The first kappa shape index (κ1) is 14.6. The molecule has 0 saturated heterocycles. The largest absolute Gasteiger partial charge is 0.433 e. The number of nitrogens with zero attached hydrogens (tertiary/aromatic N) is 1. The molecule has 0 radical (unpaired) electrons. The highest BCUT2D eigenvalue weighted by Gasteiger charge is 2.33. The number of fused-ring (bicyclic) bond motifs is 1. The molecule has 0 spiro atoms. The van der Waals surface area contributed by atoms with E-state index in [0.29, 0.717) is 22.1 Å². The van der Waals surface area contributed by atoms with Crippen LogP contribution < -0.4 is 5.32 Å². The van der Waals surface area contributed by atoms with Crippen molar-refractivity contribution in [2.75, 3.05) is 11.9 Å². The summed E-state index contributed by atoms with van der Waals surface area (Å²) < 4.78 is 39.8. The minimum atomic E-state index is -4.47. The first-order chi connectivity index (χ1) is 8.82. The lowest BCUT2D eigenvalue weighted by Crippen LogP contribution is -2.10. The molecule has 19 heavy (non-hydrogen) atoms. The zero-order chi connectivity index (χ0) is 14.2. The van der Waals surface area contributed by atoms with Gasteiger partial charge in [0.05, 0.1) is 5.52 Å². The second-order valence-electron chi connectivity index (χ2n) is 3.87. The molecule has 0 aliphatic heterocycles. The second-order valence-corrected chi connectivity index (χ2v) is 5.64. The molecule has 2 nitrogen and oxygen atoms in total. The number of anilines is 1. The molecule has 102 valence electrons. The highest BCUT2D eigenvalue weighted by Crippen LogP contribution is 2.36. The van der Waals surface area contributed by atoms with Gasteiger partial charge in [-0.3, -0.25) is 0 Å². The summed E-state index contributed by atoms with van der Waals surface area (Å²) in [7, 11) is 0. The molecule has 1 heterocycles.